The van der Waals surface area contributed by atoms with Crippen LogP contribution in [-0.4, -0.2) is 5.25 Å². The minimum absolute atomic E-state index is 0.455. The molecule has 0 amide bonds. The Morgan fingerprint density at radius 2 is 1.89 bits per heavy atom. The smallest absolute Gasteiger partial charge is 0.0148 e. The second-order valence-electron chi connectivity index (χ2n) is 2.82. The molecule has 0 saturated heterocycles. The van der Waals surface area contributed by atoms with E-state index < -0.39 is 0 Å². The summed E-state index contributed by atoms with van der Waals surface area (Å²) in [7, 11) is 0. The van der Waals surface area contributed by atoms with E-state index in [1.807, 2.05) is 0 Å². The molecule has 1 radical (unpaired) electrons. The predicted molar refractivity (Wildman–Crippen MR) is 45.7 cm³/mol. The molecular weight excluding hydrogens is 128 g/mol. The van der Waals surface area contributed by atoms with E-state index in [-0.39, 0.29) is 0 Å². The zero-order valence-corrected chi connectivity index (χ0v) is 7.50. The first-order valence-corrected chi connectivity index (χ1v) is 4.31. The van der Waals surface area contributed by atoms with E-state index in [2.05, 4.69) is 20.8 Å². The predicted octanol–water partition coefficient (Wildman–Crippen LogP) is 3.40. The van der Waals surface area contributed by atoms with E-state index in [0.29, 0.717) is 5.25 Å². The van der Waals surface area contributed by atoms with E-state index in [9.17, 15) is 0 Å². The second kappa shape index (κ2) is 5.16. The van der Waals surface area contributed by atoms with Gasteiger partial charge in [-0.05, 0) is 12.3 Å². The van der Waals surface area contributed by atoms with Gasteiger partial charge in [0.25, 0.3) is 0 Å². The Labute approximate surface area is 64.4 Å². The quantitative estimate of drug-likeness (QED) is 0.569. The molecule has 0 heterocycles. The van der Waals surface area contributed by atoms with Crippen molar-refractivity contribution in [1.82, 2.24) is 0 Å². The van der Waals surface area contributed by atoms with Crippen molar-refractivity contribution in [2.75, 3.05) is 0 Å². The van der Waals surface area contributed by atoms with Gasteiger partial charge < -0.3 is 0 Å². The summed E-state index contributed by atoms with van der Waals surface area (Å²) in [5.41, 5.74) is 0. The summed E-state index contributed by atoms with van der Waals surface area (Å²) >= 11 is 5.11. The van der Waals surface area contributed by atoms with Gasteiger partial charge in [0, 0.05) is 5.25 Å². The molecule has 2 unspecified atom stereocenters. The van der Waals surface area contributed by atoms with Gasteiger partial charge in [-0.25, -0.2) is 0 Å². The fourth-order valence-corrected chi connectivity index (χ4v) is 0.897. The van der Waals surface area contributed by atoms with Crippen LogP contribution in [0.5, 0.6) is 0 Å². The molecule has 0 aromatic heterocycles. The Morgan fingerprint density at radius 1 is 1.33 bits per heavy atom. The summed E-state index contributed by atoms with van der Waals surface area (Å²) in [5.74, 6) is 0.736. The van der Waals surface area contributed by atoms with E-state index in [4.69, 9.17) is 12.6 Å². The topological polar surface area (TPSA) is 0 Å². The Bertz CT molecular complexity index is 59.6. The molecule has 0 aliphatic heterocycles. The average Bonchev–Trinajstić information content (AvgIpc) is 1.82. The van der Waals surface area contributed by atoms with E-state index in [1.165, 1.54) is 19.3 Å². The highest BCUT2D eigenvalue weighted by molar-refractivity contribution is 7.80. The first kappa shape index (κ1) is 9.35. The van der Waals surface area contributed by atoms with Crippen LogP contribution in [-0.2, 0) is 0 Å². The van der Waals surface area contributed by atoms with Crippen molar-refractivity contribution in [2.24, 2.45) is 5.92 Å². The molecule has 0 fully saturated rings. The molecule has 0 rings (SSSR count). The van der Waals surface area contributed by atoms with Crippen LogP contribution in [0.4, 0.5) is 0 Å². The van der Waals surface area contributed by atoms with Crippen LogP contribution in [0.3, 0.4) is 0 Å². The van der Waals surface area contributed by atoms with Crippen LogP contribution in [0.25, 0.3) is 0 Å². The molecule has 0 N–H and O–H groups in total. The Morgan fingerprint density at radius 3 is 2.22 bits per heavy atom. The molecule has 0 nitrogen and oxygen atoms in total. The molecule has 55 valence electrons. The largest absolute Gasteiger partial charge is 0.0905 e. The molecule has 1 heteroatoms. The van der Waals surface area contributed by atoms with E-state index in [1.54, 1.807) is 0 Å². The van der Waals surface area contributed by atoms with Crippen molar-refractivity contribution in [3.8, 4) is 0 Å². The van der Waals surface area contributed by atoms with Crippen molar-refractivity contribution >= 4 is 12.6 Å². The third-order valence-corrected chi connectivity index (χ3v) is 2.28. The van der Waals surface area contributed by atoms with Crippen LogP contribution in [0.15, 0.2) is 0 Å². The summed E-state index contributed by atoms with van der Waals surface area (Å²) in [6, 6.07) is 0. The molecule has 0 saturated carbocycles. The van der Waals surface area contributed by atoms with Gasteiger partial charge in [0.2, 0.25) is 0 Å². The zero-order valence-electron chi connectivity index (χ0n) is 6.68. The lowest BCUT2D eigenvalue weighted by Crippen LogP contribution is -2.06. The Balaban J connectivity index is 3.16. The fraction of sp³-hybridized carbons (Fsp3) is 1.00. The molecular formula is C8H17S. The summed E-state index contributed by atoms with van der Waals surface area (Å²) in [4.78, 5) is 0. The summed E-state index contributed by atoms with van der Waals surface area (Å²) in [5, 5.41) is 0.455. The third-order valence-electron chi connectivity index (χ3n) is 1.81. The van der Waals surface area contributed by atoms with Crippen LogP contribution >= 0.6 is 12.6 Å². The Kier molecular flexibility index (Phi) is 5.36. The maximum absolute atomic E-state index is 5.11. The van der Waals surface area contributed by atoms with Crippen LogP contribution in [0.1, 0.15) is 40.0 Å². The van der Waals surface area contributed by atoms with Crippen molar-refractivity contribution < 1.29 is 0 Å². The number of rotatable bonds is 4. The van der Waals surface area contributed by atoms with Gasteiger partial charge in [-0.1, -0.05) is 46.2 Å². The highest BCUT2D eigenvalue weighted by Crippen LogP contribution is 2.15. The first-order chi connectivity index (χ1) is 4.18. The van der Waals surface area contributed by atoms with Crippen LogP contribution in [0.2, 0.25) is 0 Å². The Hall–Kier alpha value is 0.350. The van der Waals surface area contributed by atoms with Crippen molar-refractivity contribution in [2.45, 2.75) is 45.3 Å². The van der Waals surface area contributed by atoms with Gasteiger partial charge >= 0.3 is 0 Å². The van der Waals surface area contributed by atoms with Crippen LogP contribution < -0.4 is 0 Å². The molecule has 2 atom stereocenters. The minimum atomic E-state index is 0.455. The van der Waals surface area contributed by atoms with Crippen molar-refractivity contribution in [3.63, 3.8) is 0 Å². The van der Waals surface area contributed by atoms with Crippen LogP contribution in [0, 0.1) is 5.92 Å². The molecule has 0 aromatic carbocycles. The van der Waals surface area contributed by atoms with Gasteiger partial charge in [0.05, 0.1) is 0 Å². The molecule has 0 aromatic rings. The maximum Gasteiger partial charge on any atom is 0.0148 e. The van der Waals surface area contributed by atoms with Gasteiger partial charge in [-0.15, -0.1) is 0 Å². The monoisotopic (exact) mass is 145 g/mol. The van der Waals surface area contributed by atoms with E-state index in [0.717, 1.165) is 5.92 Å². The lowest BCUT2D eigenvalue weighted by Gasteiger charge is -2.12. The molecule has 0 spiro atoms. The second-order valence-corrected chi connectivity index (χ2v) is 3.57. The average molecular weight is 145 g/mol. The molecule has 0 bridgehead atoms. The number of hydrogen-bond acceptors (Lipinski definition) is 0. The standard InChI is InChI=1S/C8H17S/c1-4-5-6-7(2)8(3)9/h7-8H,4-6H2,1-3H3. The lowest BCUT2D eigenvalue weighted by atomic mass is 10.0. The third kappa shape index (κ3) is 4.83. The normalized spacial score (nSPS) is 17.3. The summed E-state index contributed by atoms with van der Waals surface area (Å²) in [6.45, 7) is 6.59. The zero-order chi connectivity index (χ0) is 7.28. The molecule has 9 heavy (non-hydrogen) atoms. The summed E-state index contributed by atoms with van der Waals surface area (Å²) < 4.78 is 0. The highest BCUT2D eigenvalue weighted by Gasteiger charge is 2.06. The highest BCUT2D eigenvalue weighted by atomic mass is 32.1. The van der Waals surface area contributed by atoms with E-state index >= 15 is 0 Å². The molecule has 0 aliphatic rings. The van der Waals surface area contributed by atoms with Crippen molar-refractivity contribution in [1.29, 1.82) is 0 Å². The van der Waals surface area contributed by atoms with Gasteiger partial charge in [-0.2, -0.15) is 0 Å². The van der Waals surface area contributed by atoms with Gasteiger partial charge in [0.1, 0.15) is 0 Å². The summed E-state index contributed by atoms with van der Waals surface area (Å²) in [6.07, 6.45) is 3.94. The fourth-order valence-electron chi connectivity index (χ4n) is 0.761. The number of hydrogen-bond donors (Lipinski definition) is 0. The first-order valence-electron chi connectivity index (χ1n) is 3.84. The van der Waals surface area contributed by atoms with Crippen molar-refractivity contribution in [3.05, 3.63) is 0 Å². The lowest BCUT2D eigenvalue weighted by molar-refractivity contribution is 0.504. The molecule has 0 aliphatic carbocycles. The maximum atomic E-state index is 5.11. The van der Waals surface area contributed by atoms with Gasteiger partial charge in [-0.3, -0.25) is 0 Å². The number of unbranched alkanes of at least 4 members (excludes halogenated alkanes) is 1. The SMILES string of the molecule is CCCCC(C)C(C)[S]. The minimum Gasteiger partial charge on any atom is -0.0905 e. The van der Waals surface area contributed by atoms with Gasteiger partial charge in [0.15, 0.2) is 0 Å².